The van der Waals surface area contributed by atoms with Gasteiger partial charge in [-0.25, -0.2) is 0 Å². The highest BCUT2D eigenvalue weighted by molar-refractivity contribution is 6.08. The molecule has 5 aliphatic carbocycles. The van der Waals surface area contributed by atoms with Crippen molar-refractivity contribution in [1.29, 1.82) is 0 Å². The molecule has 0 aromatic heterocycles. The quantitative estimate of drug-likeness (QED) is 0.166. The molecule has 0 aliphatic heterocycles. The van der Waals surface area contributed by atoms with Gasteiger partial charge in [-0.3, -0.25) is 0 Å². The average Bonchev–Trinajstić information content (AvgIpc) is 1.44. The van der Waals surface area contributed by atoms with Crippen LogP contribution < -0.4 is 4.90 Å². The maximum atomic E-state index is 10.9. The molecule has 0 N–H and O–H groups in total. The Labute approximate surface area is 509 Å². The first-order valence-corrected chi connectivity index (χ1v) is 22.9. The molecule has 2 spiro atoms. The van der Waals surface area contributed by atoms with Crippen molar-refractivity contribution in [2.24, 2.45) is 0 Å². The molecule has 0 heterocycles. The molecular weight excluding hydrogens is 915 g/mol. The van der Waals surface area contributed by atoms with Crippen LogP contribution in [-0.4, -0.2) is 0 Å². The van der Waals surface area contributed by atoms with Gasteiger partial charge in [-0.15, -0.1) is 0 Å². The van der Waals surface area contributed by atoms with Crippen molar-refractivity contribution in [3.63, 3.8) is 0 Å². The summed E-state index contributed by atoms with van der Waals surface area (Å²) in [6.45, 7) is 0. The largest absolute Gasteiger partial charge is 0.309 e. The standard InChI is InChI=1S/C75H47N/c1-3-24-48(25-4-1)73(49-26-5-2-6-27-49)61-39-18-11-32-54(61)70-64(73)42-21-45-67(70)76(68-46-22-43-65-71(68)55-33-12-19-40-62(55)74(65)57-35-14-7-28-50(57)51-29-8-15-36-58(51)74)69-47-23-44-66-72(69)56-34-13-20-41-63(56)75(66)59-37-16-9-30-52(59)53-31-10-17-38-60(53)75/h1-47H/i1D,2D,3D,4D,5D,6D,7D,8D,9D,10D,11D,12D,13D,14D,15D,16D,17D,18D,19D,20D,21D,22D,23D,24D,25D,26D,27D,28D,29D,30D,31D,32D,33D,34D,35D,36D,37D,38D,39D,40D,41D,42D,43D,44D,45D,46D,47D. The van der Waals surface area contributed by atoms with Gasteiger partial charge in [-0.1, -0.05) is 266 Å². The number of fused-ring (bicyclic) bond motifs is 23. The normalized spacial score (nSPS) is 23.6. The van der Waals surface area contributed by atoms with E-state index in [4.69, 9.17) is 8.22 Å². The van der Waals surface area contributed by atoms with E-state index in [-0.39, 0.29) is 4.90 Å². The van der Waals surface area contributed by atoms with E-state index in [1.807, 2.05) is 0 Å². The lowest BCUT2D eigenvalue weighted by atomic mass is 9.68. The van der Waals surface area contributed by atoms with Crippen LogP contribution in [0, 0.1) is 0 Å². The third-order valence-electron chi connectivity index (χ3n) is 14.8. The average molecular weight is 1010 g/mol. The monoisotopic (exact) mass is 1010 g/mol. The fourth-order valence-corrected chi connectivity index (χ4v) is 12.2. The van der Waals surface area contributed by atoms with Crippen LogP contribution >= 0.6 is 0 Å². The van der Waals surface area contributed by atoms with Gasteiger partial charge in [-0.2, -0.15) is 0 Å². The van der Waals surface area contributed by atoms with Crippen molar-refractivity contribution in [1.82, 2.24) is 0 Å². The highest BCUT2D eigenvalue weighted by Gasteiger charge is 2.55. The van der Waals surface area contributed by atoms with Crippen molar-refractivity contribution in [3.8, 4) is 55.6 Å². The molecule has 12 aromatic rings. The first kappa shape index (κ1) is 17.0. The van der Waals surface area contributed by atoms with Crippen LogP contribution in [0.4, 0.5) is 17.1 Å². The van der Waals surface area contributed by atoms with Crippen molar-refractivity contribution in [3.05, 3.63) is 351 Å². The molecule has 76 heavy (non-hydrogen) atoms. The molecule has 352 valence electrons. The minimum Gasteiger partial charge on any atom is -0.309 e. The van der Waals surface area contributed by atoms with E-state index in [1.165, 1.54) is 0 Å². The van der Waals surface area contributed by atoms with Gasteiger partial charge in [0.05, 0.1) is 97.7 Å². The fourth-order valence-electron chi connectivity index (χ4n) is 12.2. The van der Waals surface area contributed by atoms with E-state index in [0.717, 1.165) is 0 Å². The fraction of sp³-hybridized carbons (Fsp3) is 0.0400. The van der Waals surface area contributed by atoms with Crippen LogP contribution in [0.3, 0.4) is 0 Å². The zero-order chi connectivity index (χ0) is 90.6. The molecule has 0 atom stereocenters. The second kappa shape index (κ2) is 15.3. The number of anilines is 3. The molecule has 0 saturated heterocycles. The van der Waals surface area contributed by atoms with Gasteiger partial charge >= 0.3 is 0 Å². The summed E-state index contributed by atoms with van der Waals surface area (Å²) in [6.07, 6.45) is 0. The second-order valence-electron chi connectivity index (χ2n) is 17.8. The van der Waals surface area contributed by atoms with Crippen LogP contribution in [0.15, 0.2) is 284 Å². The smallest absolute Gasteiger partial charge is 0.0726 e. The summed E-state index contributed by atoms with van der Waals surface area (Å²) in [5.74, 6) is 0. The maximum absolute atomic E-state index is 10.9. The van der Waals surface area contributed by atoms with E-state index >= 15 is 0 Å². The van der Waals surface area contributed by atoms with Crippen molar-refractivity contribution in [2.45, 2.75) is 16.2 Å². The Morgan fingerprint density at radius 2 is 0.421 bits per heavy atom. The first-order chi connectivity index (χ1) is 57.3. The van der Waals surface area contributed by atoms with Crippen LogP contribution in [0.5, 0.6) is 0 Å². The third-order valence-corrected chi connectivity index (χ3v) is 14.8. The molecule has 0 fully saturated rings. The van der Waals surface area contributed by atoms with Crippen molar-refractivity contribution in [2.75, 3.05) is 4.90 Å². The summed E-state index contributed by atoms with van der Waals surface area (Å²) in [4.78, 5) is 0.240. The minimum atomic E-state index is -3.84. The zero-order valence-electron chi connectivity index (χ0n) is 84.9. The van der Waals surface area contributed by atoms with Gasteiger partial charge in [0, 0.05) is 16.7 Å². The van der Waals surface area contributed by atoms with Crippen LogP contribution in [0.1, 0.15) is 131 Å². The summed E-state index contributed by atoms with van der Waals surface area (Å²) < 4.78 is 464. The van der Waals surface area contributed by atoms with Crippen LogP contribution in [0.2, 0.25) is 0 Å². The number of hydrogen-bond acceptors (Lipinski definition) is 1. The maximum Gasteiger partial charge on any atom is 0.0726 e. The number of benzene rings is 12. The summed E-state index contributed by atoms with van der Waals surface area (Å²) in [5, 5.41) is 0. The molecule has 0 bridgehead atoms. The number of nitrogens with zero attached hydrogens (tertiary/aromatic N) is 1. The van der Waals surface area contributed by atoms with Gasteiger partial charge in [-0.05, 0) is 124 Å². The molecule has 0 radical (unpaired) electrons. The van der Waals surface area contributed by atoms with Gasteiger partial charge in [0.25, 0.3) is 0 Å². The summed E-state index contributed by atoms with van der Waals surface area (Å²) in [6, 6.07) is -63.3. The highest BCUT2D eigenvalue weighted by atomic mass is 15.2. The lowest BCUT2D eigenvalue weighted by molar-refractivity contribution is 0.768. The molecule has 0 saturated carbocycles. The summed E-state index contributed by atoms with van der Waals surface area (Å²) >= 11 is 0. The molecule has 0 unspecified atom stereocenters. The molecule has 0 amide bonds. The Morgan fingerprint density at radius 1 is 0.197 bits per heavy atom. The van der Waals surface area contributed by atoms with E-state index < -0.39 is 440 Å². The molecular formula is C75H47N. The van der Waals surface area contributed by atoms with E-state index in [2.05, 4.69) is 0 Å². The van der Waals surface area contributed by atoms with E-state index in [1.54, 1.807) is 0 Å². The minimum absolute atomic E-state index is 0.240. The van der Waals surface area contributed by atoms with Gasteiger partial charge in [0.15, 0.2) is 0 Å². The summed E-state index contributed by atoms with van der Waals surface area (Å²) in [5.41, 5.74) is -40.3. The molecule has 1 nitrogen and oxygen atoms in total. The predicted molar refractivity (Wildman–Crippen MR) is 311 cm³/mol. The third kappa shape index (κ3) is 4.93. The van der Waals surface area contributed by atoms with Crippen molar-refractivity contribution >= 4 is 17.1 Å². The number of hydrogen-bond donors (Lipinski definition) is 0. The summed E-state index contributed by atoms with van der Waals surface area (Å²) in [7, 11) is 0. The van der Waals surface area contributed by atoms with E-state index in [0.29, 0.717) is 0 Å². The van der Waals surface area contributed by atoms with Gasteiger partial charge in [0.2, 0.25) is 0 Å². The lowest BCUT2D eigenvalue weighted by Crippen LogP contribution is -2.28. The predicted octanol–water partition coefficient (Wildman–Crippen LogP) is 18.2. The highest BCUT2D eigenvalue weighted by Crippen LogP contribution is 2.69. The van der Waals surface area contributed by atoms with Crippen molar-refractivity contribution < 1.29 is 64.4 Å². The molecule has 1 heteroatoms. The first-order valence-electron chi connectivity index (χ1n) is 46.4. The SMILES string of the molecule is [2H]c1c([2H])c([2H])c(C2(c3c([2H])c([2H])c([2H])c([2H])c3[2H])c3c([2H])c([2H])c([2H])c([2H])c3-c3c(N(c4c([2H])c([2H])c([2H])c5c4-c4c([2H])c([2H])c([2H])c([2H])c4C54c5c([2H])c([2H])c([2H])c([2H])c5-c5c([2H])c([2H])c([2H])c([2H])c54)c4c([2H])c([2H])c([2H])c5c4-c4c([2H])c([2H])c([2H])c([2H])c4C54c5c([2H])c([2H])c([2H])c([2H])c5-c5c([2H])c([2H])c([2H])c([2H])c54)c([2H])c([2H])c([2H])c32)c([2H])c1[2H]. The van der Waals surface area contributed by atoms with Gasteiger partial charge in [0.1, 0.15) is 0 Å². The number of rotatable bonds is 5. The molecule has 12 aromatic carbocycles. The molecule has 17 rings (SSSR count). The Hall–Kier alpha value is -9.56. The molecule has 5 aliphatic rings. The topological polar surface area (TPSA) is 3.24 Å². The van der Waals surface area contributed by atoms with E-state index in [9.17, 15) is 56.2 Å². The van der Waals surface area contributed by atoms with Crippen LogP contribution in [-0.2, 0) is 16.2 Å². The Bertz CT molecular complexity index is 6730. The Balaban J connectivity index is 1.26. The van der Waals surface area contributed by atoms with Gasteiger partial charge < -0.3 is 4.90 Å². The Kier molecular flexibility index (Phi) is 3.41. The lowest BCUT2D eigenvalue weighted by Gasteiger charge is -2.35. The Morgan fingerprint density at radius 3 is 0.737 bits per heavy atom. The second-order valence-corrected chi connectivity index (χ2v) is 17.8. The zero-order valence-corrected chi connectivity index (χ0v) is 37.9. The van der Waals surface area contributed by atoms with Crippen LogP contribution in [0.25, 0.3) is 55.6 Å².